The van der Waals surface area contributed by atoms with Crippen molar-refractivity contribution in [2.24, 2.45) is 0 Å². The molecule has 1 saturated carbocycles. The Hall–Kier alpha value is -3.11. The number of nitrogens with two attached hydrogens (primary N) is 1. The van der Waals surface area contributed by atoms with Crippen LogP contribution < -0.4 is 16.0 Å². The molecule has 2 fully saturated rings. The third-order valence-electron chi connectivity index (χ3n) is 7.07. The van der Waals surface area contributed by atoms with Gasteiger partial charge in [-0.15, -0.1) is 0 Å². The molecular formula is C26H28ClF3N4O3. The number of anilines is 3. The molecule has 3 aromatic rings. The van der Waals surface area contributed by atoms with Crippen LogP contribution in [0.1, 0.15) is 32.2 Å². The number of rotatable bonds is 5. The summed E-state index contributed by atoms with van der Waals surface area (Å²) in [5.41, 5.74) is 11.2. The summed E-state index contributed by atoms with van der Waals surface area (Å²) in [4.78, 5) is 14.3. The van der Waals surface area contributed by atoms with Gasteiger partial charge in [-0.05, 0) is 56.5 Å². The lowest BCUT2D eigenvalue weighted by Gasteiger charge is -2.31. The van der Waals surface area contributed by atoms with Crippen molar-refractivity contribution in [3.8, 4) is 11.3 Å². The Morgan fingerprint density at radius 3 is 2.54 bits per heavy atom. The number of nitrogens with one attached hydrogen (secondary N) is 1. The molecule has 3 N–H and O–H groups in total. The largest absolute Gasteiger partial charge is 0.437 e. The molecule has 37 heavy (non-hydrogen) atoms. The minimum absolute atomic E-state index is 0.143. The van der Waals surface area contributed by atoms with E-state index in [9.17, 15) is 18.0 Å². The van der Waals surface area contributed by atoms with Crippen molar-refractivity contribution in [1.82, 2.24) is 4.57 Å². The number of amides is 1. The molecule has 0 radical (unpaired) electrons. The average molecular weight is 537 g/mol. The van der Waals surface area contributed by atoms with E-state index in [1.165, 1.54) is 0 Å². The molecule has 2 heterocycles. The van der Waals surface area contributed by atoms with Crippen molar-refractivity contribution in [3.63, 3.8) is 0 Å². The Kier molecular flexibility index (Phi) is 6.89. The maximum atomic E-state index is 12.7. The molecule has 1 saturated heterocycles. The first-order chi connectivity index (χ1) is 17.6. The fourth-order valence-corrected chi connectivity index (χ4v) is 5.02. The molecular weight excluding hydrogens is 509 g/mol. The maximum absolute atomic E-state index is 12.7. The Labute approximate surface area is 217 Å². The topological polar surface area (TPSA) is 81.8 Å². The second kappa shape index (κ2) is 9.98. The first-order valence-corrected chi connectivity index (χ1v) is 12.6. The highest BCUT2D eigenvalue weighted by Crippen LogP contribution is 2.45. The normalized spacial score (nSPS) is 17.5. The van der Waals surface area contributed by atoms with Crippen LogP contribution in [0.2, 0.25) is 5.02 Å². The van der Waals surface area contributed by atoms with E-state index < -0.39 is 18.4 Å². The van der Waals surface area contributed by atoms with Gasteiger partial charge >= 0.3 is 12.3 Å². The predicted octanol–water partition coefficient (Wildman–Crippen LogP) is 6.60. The number of carbonyl (C=O) groups excluding carboxylic acids is 1. The number of hydrogen-bond acceptors (Lipinski definition) is 5. The van der Waals surface area contributed by atoms with Crippen LogP contribution in [0, 0.1) is 0 Å². The minimum atomic E-state index is -4.65. The number of ether oxygens (including phenoxy) is 2. The summed E-state index contributed by atoms with van der Waals surface area (Å²) >= 11 is 6.45. The molecule has 0 bridgehead atoms. The number of hydrogen-bond donors (Lipinski definition) is 2. The highest BCUT2D eigenvalue weighted by atomic mass is 35.5. The average Bonchev–Trinajstić information content (AvgIpc) is 3.10. The van der Waals surface area contributed by atoms with E-state index in [-0.39, 0.29) is 10.7 Å². The first kappa shape index (κ1) is 25.5. The lowest BCUT2D eigenvalue weighted by molar-refractivity contribution is -0.196. The fraction of sp³-hybridized carbons (Fsp3) is 0.423. The van der Waals surface area contributed by atoms with Crippen molar-refractivity contribution in [3.05, 3.63) is 41.4 Å². The van der Waals surface area contributed by atoms with Gasteiger partial charge in [-0.2, -0.15) is 13.2 Å². The number of aromatic nitrogens is 1. The van der Waals surface area contributed by atoms with Crippen LogP contribution in [0.3, 0.4) is 0 Å². The van der Waals surface area contributed by atoms with Gasteiger partial charge in [-0.3, -0.25) is 5.32 Å². The molecule has 7 nitrogen and oxygen atoms in total. The summed E-state index contributed by atoms with van der Waals surface area (Å²) < 4.78 is 50.3. The van der Waals surface area contributed by atoms with E-state index in [2.05, 4.69) is 31.7 Å². The molecule has 198 valence electrons. The van der Waals surface area contributed by atoms with Crippen LogP contribution in [-0.4, -0.2) is 49.2 Å². The quantitative estimate of drug-likeness (QED) is 0.384. The Balaban J connectivity index is 1.48. The van der Waals surface area contributed by atoms with Gasteiger partial charge in [-0.1, -0.05) is 17.7 Å². The number of nitrogens with zero attached hydrogens (tertiary/aromatic N) is 2. The summed E-state index contributed by atoms with van der Waals surface area (Å²) in [6.07, 6.45) is -4.93. The molecule has 2 aliphatic rings. The summed E-state index contributed by atoms with van der Waals surface area (Å²) in [6, 6.07) is 11.5. The molecule has 2 aromatic carbocycles. The molecule has 1 amide bonds. The number of fused-ring (bicyclic) bond motifs is 1. The van der Waals surface area contributed by atoms with Crippen molar-refractivity contribution in [1.29, 1.82) is 0 Å². The van der Waals surface area contributed by atoms with Crippen LogP contribution in [0.4, 0.5) is 35.0 Å². The van der Waals surface area contributed by atoms with E-state index in [0.717, 1.165) is 67.1 Å². The third-order valence-corrected chi connectivity index (χ3v) is 7.38. The van der Waals surface area contributed by atoms with E-state index >= 15 is 0 Å². The number of carbonyl (C=O) groups is 1. The maximum Gasteiger partial charge on any atom is 0.425 e. The van der Waals surface area contributed by atoms with Gasteiger partial charge in [0.1, 0.15) is 0 Å². The lowest BCUT2D eigenvalue weighted by atomic mass is 9.92. The zero-order valence-electron chi connectivity index (χ0n) is 20.3. The molecule has 5 rings (SSSR count). The monoisotopic (exact) mass is 536 g/mol. The number of nitrogen functional groups attached to an aromatic ring is 1. The Bertz CT molecular complexity index is 1320. The van der Waals surface area contributed by atoms with Crippen LogP contribution in [0.15, 0.2) is 36.4 Å². The molecule has 1 atom stereocenters. The van der Waals surface area contributed by atoms with Crippen molar-refractivity contribution in [2.45, 2.75) is 44.5 Å². The van der Waals surface area contributed by atoms with Crippen LogP contribution in [0.5, 0.6) is 0 Å². The lowest BCUT2D eigenvalue weighted by Crippen LogP contribution is -2.36. The zero-order chi connectivity index (χ0) is 26.3. The highest BCUT2D eigenvalue weighted by Gasteiger charge is 2.39. The van der Waals surface area contributed by atoms with Gasteiger partial charge in [0.05, 0.1) is 40.8 Å². The van der Waals surface area contributed by atoms with Gasteiger partial charge in [-0.25, -0.2) is 4.79 Å². The summed E-state index contributed by atoms with van der Waals surface area (Å²) in [5.74, 6) is 0. The summed E-state index contributed by atoms with van der Waals surface area (Å²) in [7, 11) is 0. The molecule has 1 aromatic heterocycles. The molecule has 1 aliphatic carbocycles. The van der Waals surface area contributed by atoms with Crippen molar-refractivity contribution >= 4 is 45.7 Å². The highest BCUT2D eigenvalue weighted by molar-refractivity contribution is 6.34. The predicted molar refractivity (Wildman–Crippen MR) is 138 cm³/mol. The standard InChI is InChI=1S/C26H28ClF3N4O3/c1-15(26(28,29)30)37-25(35)32-21-8-5-16(13-20(21)27)24-23(31)19-7-6-18(33-9-11-36-12-10-33)14-22(19)34(24)17-3-2-4-17/h5-8,13-15,17H,2-4,9-12,31H2,1H3,(H,32,35)/t15-/m1/s1. The number of halogens is 4. The van der Waals surface area contributed by atoms with Crippen LogP contribution >= 0.6 is 11.6 Å². The second-order valence-electron chi connectivity index (χ2n) is 9.43. The van der Waals surface area contributed by atoms with Crippen LogP contribution in [-0.2, 0) is 9.47 Å². The van der Waals surface area contributed by atoms with Gasteiger partial charge in [0.2, 0.25) is 0 Å². The molecule has 11 heteroatoms. The van der Waals surface area contributed by atoms with E-state index in [0.29, 0.717) is 24.9 Å². The van der Waals surface area contributed by atoms with E-state index in [1.807, 2.05) is 6.07 Å². The van der Waals surface area contributed by atoms with E-state index in [4.69, 9.17) is 22.1 Å². The summed E-state index contributed by atoms with van der Waals surface area (Å²) in [5, 5.41) is 3.40. The van der Waals surface area contributed by atoms with Crippen molar-refractivity contribution in [2.75, 3.05) is 42.3 Å². The Morgan fingerprint density at radius 1 is 1.19 bits per heavy atom. The van der Waals surface area contributed by atoms with E-state index in [1.54, 1.807) is 18.2 Å². The number of alkyl halides is 3. The molecule has 0 spiro atoms. The molecule has 0 unspecified atom stereocenters. The zero-order valence-corrected chi connectivity index (χ0v) is 21.0. The third kappa shape index (κ3) is 5.04. The first-order valence-electron chi connectivity index (χ1n) is 12.2. The minimum Gasteiger partial charge on any atom is -0.437 e. The van der Waals surface area contributed by atoms with Gasteiger partial charge < -0.3 is 24.7 Å². The number of morpholine rings is 1. The van der Waals surface area contributed by atoms with Gasteiger partial charge in [0, 0.05) is 35.8 Å². The van der Waals surface area contributed by atoms with Gasteiger partial charge in [0.15, 0.2) is 6.10 Å². The SMILES string of the molecule is C[C@@H](OC(=O)Nc1ccc(-c2c(N)c3ccc(N4CCOCC4)cc3n2C2CCC2)cc1Cl)C(F)(F)F. The van der Waals surface area contributed by atoms with Crippen molar-refractivity contribution < 1.29 is 27.4 Å². The number of benzene rings is 2. The fourth-order valence-electron chi connectivity index (χ4n) is 4.79. The smallest absolute Gasteiger partial charge is 0.425 e. The summed E-state index contributed by atoms with van der Waals surface area (Å²) in [6.45, 7) is 3.79. The second-order valence-corrected chi connectivity index (χ2v) is 9.83. The molecule has 1 aliphatic heterocycles. The van der Waals surface area contributed by atoms with Gasteiger partial charge in [0.25, 0.3) is 0 Å². The Morgan fingerprint density at radius 2 is 1.92 bits per heavy atom. The van der Waals surface area contributed by atoms with Crippen LogP contribution in [0.25, 0.3) is 22.2 Å².